The summed E-state index contributed by atoms with van der Waals surface area (Å²) in [5, 5.41) is 0.740. The Morgan fingerprint density at radius 3 is 2.54 bits per heavy atom. The maximum atomic E-state index is 13.4. The molecule has 0 saturated carbocycles. The molecule has 0 aliphatic heterocycles. The largest absolute Gasteiger partial charge is 0.459 e. The Bertz CT molecular complexity index is 1230. The molecule has 0 amide bonds. The van der Waals surface area contributed by atoms with Crippen LogP contribution in [0.4, 0.5) is 0 Å². The third kappa shape index (κ3) is 3.15. The number of fused-ring (bicyclic) bond motifs is 3. The number of esters is 1. The van der Waals surface area contributed by atoms with Crippen molar-refractivity contribution in [2.75, 3.05) is 0 Å². The zero-order chi connectivity index (χ0) is 19.9. The van der Waals surface area contributed by atoms with Crippen LogP contribution >= 0.6 is 0 Å². The second-order valence-electron chi connectivity index (χ2n) is 7.51. The molecule has 0 aliphatic rings. The predicted octanol–water partition coefficient (Wildman–Crippen LogP) is 3.08. The van der Waals surface area contributed by atoms with Crippen molar-refractivity contribution < 1.29 is 9.53 Å². The molecule has 4 aromatic rings. The van der Waals surface area contributed by atoms with E-state index in [9.17, 15) is 9.59 Å². The molecule has 0 bridgehead atoms. The number of nitrogens with zero attached hydrogens (tertiary/aromatic N) is 4. The van der Waals surface area contributed by atoms with E-state index in [1.54, 1.807) is 37.6 Å². The van der Waals surface area contributed by atoms with Gasteiger partial charge in [0, 0.05) is 11.6 Å². The van der Waals surface area contributed by atoms with Crippen molar-refractivity contribution in [2.45, 2.75) is 32.9 Å². The second kappa shape index (κ2) is 6.60. The van der Waals surface area contributed by atoms with Crippen molar-refractivity contribution in [2.24, 2.45) is 0 Å². The van der Waals surface area contributed by atoms with Crippen molar-refractivity contribution in [1.82, 2.24) is 19.1 Å². The summed E-state index contributed by atoms with van der Waals surface area (Å²) < 4.78 is 8.48. The van der Waals surface area contributed by atoms with E-state index in [0.717, 1.165) is 5.39 Å². The van der Waals surface area contributed by atoms with Crippen LogP contribution in [-0.2, 0) is 16.1 Å². The van der Waals surface area contributed by atoms with Crippen LogP contribution in [0.15, 0.2) is 59.8 Å². The lowest BCUT2D eigenvalue weighted by molar-refractivity contribution is -0.155. The molecule has 0 saturated heterocycles. The van der Waals surface area contributed by atoms with Crippen LogP contribution in [-0.4, -0.2) is 30.7 Å². The van der Waals surface area contributed by atoms with E-state index in [4.69, 9.17) is 4.74 Å². The Kier molecular flexibility index (Phi) is 4.22. The van der Waals surface area contributed by atoms with Crippen molar-refractivity contribution in [3.63, 3.8) is 0 Å². The summed E-state index contributed by atoms with van der Waals surface area (Å²) in [7, 11) is 0. The molecule has 0 spiro atoms. The minimum absolute atomic E-state index is 0.0937. The summed E-state index contributed by atoms with van der Waals surface area (Å²) in [6, 6.07) is 13.0. The maximum Gasteiger partial charge on any atom is 0.326 e. The number of carbonyl (C=O) groups is 1. The average molecular weight is 376 g/mol. The minimum Gasteiger partial charge on any atom is -0.459 e. The average Bonchev–Trinajstić information content (AvgIpc) is 3.05. The summed E-state index contributed by atoms with van der Waals surface area (Å²) in [5.41, 5.74) is 1.19. The molecule has 7 nitrogen and oxygen atoms in total. The minimum atomic E-state index is -0.603. The molecule has 28 heavy (non-hydrogen) atoms. The topological polar surface area (TPSA) is 79.0 Å². The maximum absolute atomic E-state index is 13.4. The SMILES string of the molecule is CC(C)(C)OC(=O)Cn1cnc2c3cccnc3n(-c3ccccc3)c(=O)c21. The van der Waals surface area contributed by atoms with Crippen LogP contribution < -0.4 is 5.56 Å². The molecule has 0 radical (unpaired) electrons. The molecule has 0 N–H and O–H groups in total. The van der Waals surface area contributed by atoms with Crippen molar-refractivity contribution in [3.8, 4) is 5.69 Å². The predicted molar refractivity (Wildman–Crippen MR) is 106 cm³/mol. The highest BCUT2D eigenvalue weighted by Crippen LogP contribution is 2.22. The summed E-state index contributed by atoms with van der Waals surface area (Å²) in [4.78, 5) is 34.5. The van der Waals surface area contributed by atoms with E-state index in [1.165, 1.54) is 10.9 Å². The van der Waals surface area contributed by atoms with E-state index in [1.807, 2.05) is 36.4 Å². The molecule has 0 fully saturated rings. The van der Waals surface area contributed by atoms with E-state index >= 15 is 0 Å². The molecule has 0 atom stereocenters. The zero-order valence-corrected chi connectivity index (χ0v) is 15.9. The molecule has 1 aromatic carbocycles. The molecule has 142 valence electrons. The van der Waals surface area contributed by atoms with E-state index < -0.39 is 11.6 Å². The van der Waals surface area contributed by atoms with Gasteiger partial charge in [-0.05, 0) is 45.0 Å². The van der Waals surface area contributed by atoms with Gasteiger partial charge in [-0.15, -0.1) is 0 Å². The van der Waals surface area contributed by atoms with Gasteiger partial charge < -0.3 is 9.30 Å². The molecule has 3 heterocycles. The van der Waals surface area contributed by atoms with Gasteiger partial charge in [-0.2, -0.15) is 0 Å². The Morgan fingerprint density at radius 2 is 1.82 bits per heavy atom. The Balaban J connectivity index is 1.96. The number of benzene rings is 1. The molecule has 7 heteroatoms. The standard InChI is InChI=1S/C21H20N4O3/c1-21(2,3)28-16(26)12-24-13-23-17-15-10-7-11-22-19(15)25(20(27)18(17)24)14-8-5-4-6-9-14/h4-11,13H,12H2,1-3H3. The quantitative estimate of drug-likeness (QED) is 0.514. The number of hydrogen-bond donors (Lipinski definition) is 0. The molecular weight excluding hydrogens is 356 g/mol. The number of aromatic nitrogens is 4. The van der Waals surface area contributed by atoms with Crippen molar-refractivity contribution in [1.29, 1.82) is 0 Å². The lowest BCUT2D eigenvalue weighted by Gasteiger charge is -2.19. The van der Waals surface area contributed by atoms with Crippen LogP contribution in [0.1, 0.15) is 20.8 Å². The van der Waals surface area contributed by atoms with Crippen LogP contribution in [0.25, 0.3) is 27.8 Å². The fraction of sp³-hybridized carbons (Fsp3) is 0.238. The smallest absolute Gasteiger partial charge is 0.326 e. The molecule has 3 aromatic heterocycles. The van der Waals surface area contributed by atoms with Crippen LogP contribution in [0.5, 0.6) is 0 Å². The third-order valence-electron chi connectivity index (χ3n) is 4.23. The first-order valence-corrected chi connectivity index (χ1v) is 8.97. The highest BCUT2D eigenvalue weighted by molar-refractivity contribution is 6.01. The van der Waals surface area contributed by atoms with E-state index in [-0.39, 0.29) is 12.1 Å². The van der Waals surface area contributed by atoms with Crippen molar-refractivity contribution >= 4 is 28.0 Å². The molecular formula is C21H20N4O3. The van der Waals surface area contributed by atoms with Crippen LogP contribution in [0, 0.1) is 0 Å². The highest BCUT2D eigenvalue weighted by atomic mass is 16.6. The summed E-state index contributed by atoms with van der Waals surface area (Å²) in [5.74, 6) is -0.427. The van der Waals surface area contributed by atoms with Gasteiger partial charge in [0.25, 0.3) is 5.56 Å². The number of para-hydroxylation sites is 1. The van der Waals surface area contributed by atoms with Crippen LogP contribution in [0.2, 0.25) is 0 Å². The van der Waals surface area contributed by atoms with Gasteiger partial charge in [0.1, 0.15) is 28.8 Å². The first-order chi connectivity index (χ1) is 13.3. The Hall–Kier alpha value is -3.48. The molecule has 0 unspecified atom stereocenters. The second-order valence-corrected chi connectivity index (χ2v) is 7.51. The lowest BCUT2D eigenvalue weighted by atomic mass is 10.2. The zero-order valence-electron chi connectivity index (χ0n) is 15.9. The number of hydrogen-bond acceptors (Lipinski definition) is 5. The molecule has 4 rings (SSSR count). The highest BCUT2D eigenvalue weighted by Gasteiger charge is 2.21. The van der Waals surface area contributed by atoms with Gasteiger partial charge in [0.2, 0.25) is 0 Å². The lowest BCUT2D eigenvalue weighted by Crippen LogP contribution is -2.28. The molecule has 0 aliphatic carbocycles. The van der Waals surface area contributed by atoms with Crippen LogP contribution in [0.3, 0.4) is 0 Å². The fourth-order valence-corrected chi connectivity index (χ4v) is 3.22. The van der Waals surface area contributed by atoms with Gasteiger partial charge in [0.05, 0.1) is 12.0 Å². The third-order valence-corrected chi connectivity index (χ3v) is 4.23. The number of carbonyl (C=O) groups excluding carboxylic acids is 1. The van der Waals surface area contributed by atoms with E-state index in [2.05, 4.69) is 9.97 Å². The number of ether oxygens (including phenoxy) is 1. The van der Waals surface area contributed by atoms with Gasteiger partial charge in [-0.25, -0.2) is 9.97 Å². The fourth-order valence-electron chi connectivity index (χ4n) is 3.22. The first kappa shape index (κ1) is 17.9. The summed E-state index contributed by atoms with van der Waals surface area (Å²) in [6.07, 6.45) is 3.14. The number of pyridine rings is 2. The Morgan fingerprint density at radius 1 is 1.07 bits per heavy atom. The number of imidazole rings is 1. The van der Waals surface area contributed by atoms with Gasteiger partial charge in [-0.1, -0.05) is 18.2 Å². The Labute approximate surface area is 161 Å². The normalized spacial score (nSPS) is 11.8. The first-order valence-electron chi connectivity index (χ1n) is 8.97. The van der Waals surface area contributed by atoms with Gasteiger partial charge in [-0.3, -0.25) is 14.2 Å². The van der Waals surface area contributed by atoms with E-state index in [0.29, 0.717) is 22.4 Å². The number of rotatable bonds is 3. The monoisotopic (exact) mass is 376 g/mol. The van der Waals surface area contributed by atoms with Gasteiger partial charge in [0.15, 0.2) is 0 Å². The van der Waals surface area contributed by atoms with Crippen molar-refractivity contribution in [3.05, 3.63) is 65.3 Å². The summed E-state index contributed by atoms with van der Waals surface area (Å²) >= 11 is 0. The van der Waals surface area contributed by atoms with Gasteiger partial charge >= 0.3 is 5.97 Å². The summed E-state index contributed by atoms with van der Waals surface area (Å²) in [6.45, 7) is 5.32.